The summed E-state index contributed by atoms with van der Waals surface area (Å²) in [6, 6.07) is 3.97. The SMILES string of the molecule is O=C(c1cnsc1)N1CCCC(c2[nH]ncc2-c2ccncc2)C1. The number of piperidine rings is 1. The predicted molar refractivity (Wildman–Crippen MR) is 91.8 cm³/mol. The molecular weight excluding hydrogens is 322 g/mol. The minimum absolute atomic E-state index is 0.0680. The smallest absolute Gasteiger partial charge is 0.256 e. The second-order valence-corrected chi connectivity index (χ2v) is 6.59. The Hall–Kier alpha value is -2.54. The molecule has 1 atom stereocenters. The third kappa shape index (κ3) is 2.82. The first kappa shape index (κ1) is 15.0. The Labute approximate surface area is 143 Å². The zero-order valence-corrected chi connectivity index (χ0v) is 13.9. The molecule has 1 fully saturated rings. The molecule has 1 unspecified atom stereocenters. The molecule has 24 heavy (non-hydrogen) atoms. The number of aromatic nitrogens is 4. The van der Waals surface area contributed by atoms with Crippen LogP contribution in [0.4, 0.5) is 0 Å². The highest BCUT2D eigenvalue weighted by atomic mass is 32.1. The molecular formula is C17H17N5OS. The molecule has 0 aliphatic carbocycles. The first-order valence-corrected chi connectivity index (χ1v) is 8.79. The fraction of sp³-hybridized carbons (Fsp3) is 0.294. The molecule has 4 rings (SSSR count). The summed E-state index contributed by atoms with van der Waals surface area (Å²) in [5, 5.41) is 9.20. The average Bonchev–Trinajstić information content (AvgIpc) is 3.34. The fourth-order valence-corrected chi connectivity index (χ4v) is 3.77. The molecule has 0 aromatic carbocycles. The lowest BCUT2D eigenvalue weighted by Gasteiger charge is -2.32. The molecule has 0 saturated carbocycles. The summed E-state index contributed by atoms with van der Waals surface area (Å²) in [6.45, 7) is 1.50. The largest absolute Gasteiger partial charge is 0.338 e. The van der Waals surface area contributed by atoms with Crippen LogP contribution in [0.2, 0.25) is 0 Å². The first-order valence-electron chi connectivity index (χ1n) is 7.95. The topological polar surface area (TPSA) is 74.8 Å². The van der Waals surface area contributed by atoms with Gasteiger partial charge in [-0.3, -0.25) is 14.9 Å². The maximum Gasteiger partial charge on any atom is 0.256 e. The van der Waals surface area contributed by atoms with E-state index in [0.717, 1.165) is 36.2 Å². The van der Waals surface area contributed by atoms with Gasteiger partial charge in [0.1, 0.15) is 0 Å². The van der Waals surface area contributed by atoms with Gasteiger partial charge in [-0.25, -0.2) is 4.37 Å². The summed E-state index contributed by atoms with van der Waals surface area (Å²) in [5.74, 6) is 0.332. The molecule has 3 aromatic rings. The molecule has 1 aliphatic rings. The molecule has 4 heterocycles. The predicted octanol–water partition coefficient (Wildman–Crippen LogP) is 2.95. The number of nitrogens with zero attached hydrogens (tertiary/aromatic N) is 4. The standard InChI is InChI=1S/C17H17N5OS/c23-17(14-8-20-24-11-14)22-7-1-2-13(10-22)16-15(9-19-21-16)12-3-5-18-6-4-12/h3-6,8-9,11,13H,1-2,7,10H2,(H,19,21). The van der Waals surface area contributed by atoms with E-state index in [1.165, 1.54) is 11.5 Å². The Morgan fingerprint density at radius 2 is 2.17 bits per heavy atom. The van der Waals surface area contributed by atoms with Gasteiger partial charge in [0.15, 0.2) is 0 Å². The van der Waals surface area contributed by atoms with Gasteiger partial charge >= 0.3 is 0 Å². The Morgan fingerprint density at radius 1 is 1.29 bits per heavy atom. The van der Waals surface area contributed by atoms with Crippen LogP contribution in [0.5, 0.6) is 0 Å². The minimum Gasteiger partial charge on any atom is -0.338 e. The molecule has 0 bridgehead atoms. The van der Waals surface area contributed by atoms with Gasteiger partial charge in [-0.05, 0) is 42.1 Å². The van der Waals surface area contributed by atoms with Gasteiger partial charge in [-0.2, -0.15) is 5.10 Å². The molecule has 6 nitrogen and oxygen atoms in total. The van der Waals surface area contributed by atoms with E-state index < -0.39 is 0 Å². The van der Waals surface area contributed by atoms with Crippen LogP contribution in [-0.4, -0.2) is 43.5 Å². The van der Waals surface area contributed by atoms with E-state index in [4.69, 9.17) is 0 Å². The number of carbonyl (C=O) groups is 1. The lowest BCUT2D eigenvalue weighted by Crippen LogP contribution is -2.39. The fourth-order valence-electron chi connectivity index (χ4n) is 3.26. The normalized spacial score (nSPS) is 17.8. The van der Waals surface area contributed by atoms with Crippen LogP contribution in [-0.2, 0) is 0 Å². The van der Waals surface area contributed by atoms with E-state index in [9.17, 15) is 4.79 Å². The summed E-state index contributed by atoms with van der Waals surface area (Å²) in [7, 11) is 0. The zero-order chi connectivity index (χ0) is 16.4. The van der Waals surface area contributed by atoms with Crippen LogP contribution >= 0.6 is 11.5 Å². The second-order valence-electron chi connectivity index (χ2n) is 5.94. The van der Waals surface area contributed by atoms with Crippen molar-refractivity contribution in [1.82, 2.24) is 24.5 Å². The molecule has 1 aliphatic heterocycles. The van der Waals surface area contributed by atoms with Crippen molar-refractivity contribution < 1.29 is 4.79 Å². The molecule has 0 spiro atoms. The Balaban J connectivity index is 1.57. The van der Waals surface area contributed by atoms with Crippen molar-refractivity contribution >= 4 is 17.4 Å². The number of amides is 1. The van der Waals surface area contributed by atoms with E-state index in [1.807, 2.05) is 28.6 Å². The van der Waals surface area contributed by atoms with Crippen molar-refractivity contribution in [2.24, 2.45) is 0 Å². The van der Waals surface area contributed by atoms with Crippen molar-refractivity contribution in [3.8, 4) is 11.1 Å². The molecule has 1 saturated heterocycles. The molecule has 122 valence electrons. The number of carbonyl (C=O) groups excluding carboxylic acids is 1. The highest BCUT2D eigenvalue weighted by molar-refractivity contribution is 7.03. The lowest BCUT2D eigenvalue weighted by molar-refractivity contribution is 0.0706. The number of hydrogen-bond acceptors (Lipinski definition) is 5. The second kappa shape index (κ2) is 6.52. The van der Waals surface area contributed by atoms with E-state index in [0.29, 0.717) is 12.1 Å². The number of pyridine rings is 1. The summed E-state index contributed by atoms with van der Waals surface area (Å²) in [6.07, 6.45) is 9.11. The van der Waals surface area contributed by atoms with Gasteiger partial charge in [0, 0.05) is 48.0 Å². The van der Waals surface area contributed by atoms with Crippen molar-refractivity contribution in [1.29, 1.82) is 0 Å². The van der Waals surface area contributed by atoms with E-state index >= 15 is 0 Å². The van der Waals surface area contributed by atoms with Gasteiger partial charge in [0.2, 0.25) is 0 Å². The number of likely N-dealkylation sites (tertiary alicyclic amines) is 1. The number of nitrogens with one attached hydrogen (secondary N) is 1. The number of H-pyrrole nitrogens is 1. The van der Waals surface area contributed by atoms with Crippen molar-refractivity contribution in [3.05, 3.63) is 53.6 Å². The van der Waals surface area contributed by atoms with Gasteiger partial charge in [0.05, 0.1) is 18.0 Å². The van der Waals surface area contributed by atoms with Crippen LogP contribution < -0.4 is 0 Å². The number of rotatable bonds is 3. The average molecular weight is 339 g/mol. The van der Waals surface area contributed by atoms with Crippen LogP contribution in [0.3, 0.4) is 0 Å². The minimum atomic E-state index is 0.0680. The molecule has 1 amide bonds. The Kier molecular flexibility index (Phi) is 4.08. The Bertz CT molecular complexity index is 815. The van der Waals surface area contributed by atoms with Crippen molar-refractivity contribution in [2.75, 3.05) is 13.1 Å². The highest BCUT2D eigenvalue weighted by Crippen LogP contribution is 2.33. The lowest BCUT2D eigenvalue weighted by atomic mass is 9.90. The van der Waals surface area contributed by atoms with Crippen molar-refractivity contribution in [3.63, 3.8) is 0 Å². The van der Waals surface area contributed by atoms with Crippen LogP contribution in [0.1, 0.15) is 34.8 Å². The third-order valence-electron chi connectivity index (χ3n) is 4.46. The quantitative estimate of drug-likeness (QED) is 0.796. The summed E-state index contributed by atoms with van der Waals surface area (Å²) >= 11 is 1.31. The van der Waals surface area contributed by atoms with E-state index in [1.54, 1.807) is 18.6 Å². The maximum atomic E-state index is 12.6. The number of hydrogen-bond donors (Lipinski definition) is 1. The van der Waals surface area contributed by atoms with Gasteiger partial charge in [-0.15, -0.1) is 0 Å². The number of aromatic amines is 1. The molecule has 7 heteroatoms. The van der Waals surface area contributed by atoms with E-state index in [-0.39, 0.29) is 11.8 Å². The van der Waals surface area contributed by atoms with Gasteiger partial charge < -0.3 is 4.90 Å². The van der Waals surface area contributed by atoms with Crippen LogP contribution in [0.25, 0.3) is 11.1 Å². The monoisotopic (exact) mass is 339 g/mol. The van der Waals surface area contributed by atoms with Crippen LogP contribution in [0, 0.1) is 0 Å². The Morgan fingerprint density at radius 3 is 2.96 bits per heavy atom. The van der Waals surface area contributed by atoms with Gasteiger partial charge in [-0.1, -0.05) is 0 Å². The third-order valence-corrected chi connectivity index (χ3v) is 5.04. The molecule has 1 N–H and O–H groups in total. The summed E-state index contributed by atoms with van der Waals surface area (Å²) in [5.41, 5.74) is 3.97. The van der Waals surface area contributed by atoms with E-state index in [2.05, 4.69) is 19.6 Å². The van der Waals surface area contributed by atoms with Crippen LogP contribution in [0.15, 0.2) is 42.3 Å². The summed E-state index contributed by atoms with van der Waals surface area (Å²) < 4.78 is 4.03. The first-order chi connectivity index (χ1) is 11.8. The summed E-state index contributed by atoms with van der Waals surface area (Å²) in [4.78, 5) is 18.6. The molecule has 3 aromatic heterocycles. The highest BCUT2D eigenvalue weighted by Gasteiger charge is 2.28. The zero-order valence-electron chi connectivity index (χ0n) is 13.1. The van der Waals surface area contributed by atoms with Crippen molar-refractivity contribution in [2.45, 2.75) is 18.8 Å². The van der Waals surface area contributed by atoms with Gasteiger partial charge in [0.25, 0.3) is 5.91 Å². The maximum absolute atomic E-state index is 12.6. The molecule has 0 radical (unpaired) electrons.